The number of ether oxygens (including phenoxy) is 2. The van der Waals surface area contributed by atoms with Crippen LogP contribution in [-0.4, -0.2) is 34.6 Å². The highest BCUT2D eigenvalue weighted by Crippen LogP contribution is 2.29. The summed E-state index contributed by atoms with van der Waals surface area (Å²) >= 11 is 5.91. The first kappa shape index (κ1) is 19.8. The highest BCUT2D eigenvalue weighted by molar-refractivity contribution is 6.28. The summed E-state index contributed by atoms with van der Waals surface area (Å²) in [5.41, 5.74) is 1.24. The highest BCUT2D eigenvalue weighted by atomic mass is 35.5. The molecular weight excluding hydrogens is 356 g/mol. The highest BCUT2D eigenvalue weighted by Gasteiger charge is 2.24. The van der Waals surface area contributed by atoms with E-state index in [0.717, 1.165) is 5.56 Å². The number of carbonyl (C=O) groups excluding carboxylic acids is 2. The van der Waals surface area contributed by atoms with E-state index in [-0.39, 0.29) is 23.6 Å². The van der Waals surface area contributed by atoms with Gasteiger partial charge >= 0.3 is 11.9 Å². The minimum atomic E-state index is -0.584. The Morgan fingerprint density at radius 1 is 1.15 bits per heavy atom. The van der Waals surface area contributed by atoms with E-state index in [1.54, 1.807) is 30.3 Å². The SMILES string of the molecule is COC(=O)c1ccc(C(CC(=O)OC(C)(C)C)c2ccnc(Cl)n2)cc1. The molecule has 26 heavy (non-hydrogen) atoms. The van der Waals surface area contributed by atoms with Crippen LogP contribution < -0.4 is 0 Å². The minimum absolute atomic E-state index is 0.0855. The molecule has 7 heteroatoms. The smallest absolute Gasteiger partial charge is 0.337 e. The molecule has 0 radical (unpaired) electrons. The average Bonchev–Trinajstić information content (AvgIpc) is 2.57. The molecule has 0 aliphatic carbocycles. The van der Waals surface area contributed by atoms with E-state index in [4.69, 9.17) is 21.1 Å². The zero-order chi connectivity index (χ0) is 19.3. The van der Waals surface area contributed by atoms with Gasteiger partial charge in [0.05, 0.1) is 24.8 Å². The van der Waals surface area contributed by atoms with E-state index < -0.39 is 11.6 Å². The Labute approximate surface area is 157 Å². The van der Waals surface area contributed by atoms with Gasteiger partial charge in [-0.05, 0) is 56.1 Å². The van der Waals surface area contributed by atoms with Crippen molar-refractivity contribution in [1.82, 2.24) is 9.97 Å². The molecule has 1 aromatic heterocycles. The molecule has 2 rings (SSSR count). The topological polar surface area (TPSA) is 78.4 Å². The van der Waals surface area contributed by atoms with Crippen LogP contribution in [0.2, 0.25) is 5.28 Å². The van der Waals surface area contributed by atoms with E-state index in [2.05, 4.69) is 9.97 Å². The summed E-state index contributed by atoms with van der Waals surface area (Å²) in [6.45, 7) is 5.44. The number of rotatable bonds is 5. The monoisotopic (exact) mass is 376 g/mol. The summed E-state index contributed by atoms with van der Waals surface area (Å²) in [6, 6.07) is 8.52. The maximum absolute atomic E-state index is 12.3. The van der Waals surface area contributed by atoms with Gasteiger partial charge in [-0.15, -0.1) is 0 Å². The van der Waals surface area contributed by atoms with Crippen molar-refractivity contribution in [1.29, 1.82) is 0 Å². The van der Waals surface area contributed by atoms with Crippen LogP contribution in [0.4, 0.5) is 0 Å². The number of benzene rings is 1. The molecule has 1 aromatic carbocycles. The fourth-order valence-corrected chi connectivity index (χ4v) is 2.61. The minimum Gasteiger partial charge on any atom is -0.465 e. The lowest BCUT2D eigenvalue weighted by molar-refractivity contribution is -0.155. The third kappa shape index (κ3) is 5.52. The Kier molecular flexibility index (Phi) is 6.32. The number of methoxy groups -OCH3 is 1. The van der Waals surface area contributed by atoms with Crippen LogP contribution in [0.15, 0.2) is 36.5 Å². The Bertz CT molecular complexity index is 785. The molecule has 0 saturated heterocycles. The lowest BCUT2D eigenvalue weighted by atomic mass is 9.91. The number of halogens is 1. The van der Waals surface area contributed by atoms with Crippen LogP contribution in [0, 0.1) is 0 Å². The maximum Gasteiger partial charge on any atom is 0.337 e. The normalized spacial score (nSPS) is 12.3. The van der Waals surface area contributed by atoms with E-state index in [9.17, 15) is 9.59 Å². The summed E-state index contributed by atoms with van der Waals surface area (Å²) < 4.78 is 10.1. The summed E-state index contributed by atoms with van der Waals surface area (Å²) in [4.78, 5) is 32.1. The predicted octanol–water partition coefficient (Wildman–Crippen LogP) is 3.78. The fourth-order valence-electron chi connectivity index (χ4n) is 2.45. The number of hydrogen-bond donors (Lipinski definition) is 0. The zero-order valence-electron chi connectivity index (χ0n) is 15.2. The Balaban J connectivity index is 2.34. The first-order valence-electron chi connectivity index (χ1n) is 8.08. The lowest BCUT2D eigenvalue weighted by Crippen LogP contribution is -2.25. The van der Waals surface area contributed by atoms with Crippen molar-refractivity contribution in [3.05, 3.63) is 58.6 Å². The number of aromatic nitrogens is 2. The third-order valence-corrected chi connectivity index (χ3v) is 3.71. The van der Waals surface area contributed by atoms with Crippen molar-refractivity contribution in [2.45, 2.75) is 38.7 Å². The molecular formula is C19H21ClN2O4. The van der Waals surface area contributed by atoms with E-state index in [0.29, 0.717) is 11.3 Å². The van der Waals surface area contributed by atoms with E-state index in [1.165, 1.54) is 13.3 Å². The molecule has 0 aliphatic rings. The van der Waals surface area contributed by atoms with Crippen LogP contribution in [0.5, 0.6) is 0 Å². The van der Waals surface area contributed by atoms with Crippen LogP contribution in [0.25, 0.3) is 0 Å². The molecule has 0 saturated carbocycles. The number of hydrogen-bond acceptors (Lipinski definition) is 6. The summed E-state index contributed by atoms with van der Waals surface area (Å²) in [7, 11) is 1.32. The number of carbonyl (C=O) groups is 2. The van der Waals surface area contributed by atoms with E-state index in [1.807, 2.05) is 20.8 Å². The lowest BCUT2D eigenvalue weighted by Gasteiger charge is -2.22. The van der Waals surface area contributed by atoms with Gasteiger partial charge in [-0.1, -0.05) is 12.1 Å². The molecule has 0 spiro atoms. The van der Waals surface area contributed by atoms with Gasteiger partial charge in [0.15, 0.2) is 0 Å². The molecule has 1 atom stereocenters. The second-order valence-electron chi connectivity index (χ2n) is 6.71. The van der Waals surface area contributed by atoms with Crippen molar-refractivity contribution < 1.29 is 19.1 Å². The van der Waals surface area contributed by atoms with Crippen LogP contribution >= 0.6 is 11.6 Å². The molecule has 0 bridgehead atoms. The second kappa shape index (κ2) is 8.27. The van der Waals surface area contributed by atoms with Crippen molar-refractivity contribution in [2.24, 2.45) is 0 Å². The van der Waals surface area contributed by atoms with Gasteiger partial charge in [0.2, 0.25) is 5.28 Å². The van der Waals surface area contributed by atoms with Gasteiger partial charge in [-0.3, -0.25) is 4.79 Å². The Hall–Kier alpha value is -2.47. The summed E-state index contributed by atoms with van der Waals surface area (Å²) in [5, 5.41) is 0.0999. The first-order valence-corrected chi connectivity index (χ1v) is 8.46. The van der Waals surface area contributed by atoms with Crippen molar-refractivity contribution in [3.8, 4) is 0 Å². The predicted molar refractivity (Wildman–Crippen MR) is 97.1 cm³/mol. The number of nitrogens with zero attached hydrogens (tertiary/aromatic N) is 2. The van der Waals surface area contributed by atoms with Crippen LogP contribution in [-0.2, 0) is 14.3 Å². The molecule has 1 heterocycles. The van der Waals surface area contributed by atoms with Crippen molar-refractivity contribution >= 4 is 23.5 Å². The fraction of sp³-hybridized carbons (Fsp3) is 0.368. The number of esters is 2. The second-order valence-corrected chi connectivity index (χ2v) is 7.05. The Morgan fingerprint density at radius 2 is 1.81 bits per heavy atom. The molecule has 0 amide bonds. The summed E-state index contributed by atoms with van der Waals surface area (Å²) in [5.74, 6) is -1.16. The third-order valence-electron chi connectivity index (χ3n) is 3.53. The molecule has 0 aliphatic heterocycles. The quantitative estimate of drug-likeness (QED) is 0.583. The average molecular weight is 377 g/mol. The van der Waals surface area contributed by atoms with E-state index >= 15 is 0 Å². The van der Waals surface area contributed by atoms with Crippen LogP contribution in [0.3, 0.4) is 0 Å². The van der Waals surface area contributed by atoms with Crippen molar-refractivity contribution in [3.63, 3.8) is 0 Å². The van der Waals surface area contributed by atoms with Gasteiger partial charge in [-0.2, -0.15) is 0 Å². The zero-order valence-corrected chi connectivity index (χ0v) is 15.9. The largest absolute Gasteiger partial charge is 0.465 e. The summed E-state index contributed by atoms with van der Waals surface area (Å²) in [6.07, 6.45) is 1.62. The molecule has 0 N–H and O–H groups in total. The maximum atomic E-state index is 12.3. The van der Waals surface area contributed by atoms with Gasteiger partial charge in [-0.25, -0.2) is 14.8 Å². The molecule has 2 aromatic rings. The molecule has 138 valence electrons. The Morgan fingerprint density at radius 3 is 2.35 bits per heavy atom. The van der Waals surface area contributed by atoms with Gasteiger partial charge in [0, 0.05) is 12.1 Å². The van der Waals surface area contributed by atoms with Gasteiger partial charge in [0.1, 0.15) is 5.60 Å². The molecule has 1 unspecified atom stereocenters. The first-order chi connectivity index (χ1) is 12.2. The molecule has 6 nitrogen and oxygen atoms in total. The molecule has 0 fully saturated rings. The van der Waals surface area contributed by atoms with Gasteiger partial charge < -0.3 is 9.47 Å². The standard InChI is InChI=1S/C19H21ClN2O4/c1-19(2,3)26-16(23)11-14(15-9-10-21-18(20)22-15)12-5-7-13(8-6-12)17(24)25-4/h5-10,14H,11H2,1-4H3. The van der Waals surface area contributed by atoms with Crippen LogP contribution in [0.1, 0.15) is 54.7 Å². The van der Waals surface area contributed by atoms with Crippen molar-refractivity contribution in [2.75, 3.05) is 7.11 Å². The van der Waals surface area contributed by atoms with Gasteiger partial charge in [0.25, 0.3) is 0 Å².